The van der Waals surface area contributed by atoms with E-state index in [9.17, 15) is 4.79 Å². The number of carboxylic acid groups (broad SMARTS) is 1. The van der Waals surface area contributed by atoms with Crippen LogP contribution in [0.2, 0.25) is 0 Å². The summed E-state index contributed by atoms with van der Waals surface area (Å²) < 4.78 is 0. The molecule has 0 aromatic carbocycles. The van der Waals surface area contributed by atoms with Gasteiger partial charge in [0.15, 0.2) is 0 Å². The Morgan fingerprint density at radius 2 is 1.92 bits per heavy atom. The van der Waals surface area contributed by atoms with Crippen LogP contribution in [-0.4, -0.2) is 11.1 Å². The van der Waals surface area contributed by atoms with Gasteiger partial charge in [-0.15, -0.1) is 0 Å². The lowest BCUT2D eigenvalue weighted by molar-refractivity contribution is -0.137. The minimum absolute atomic E-state index is 0.326. The molecule has 2 atom stereocenters. The second-order valence-corrected chi connectivity index (χ2v) is 3.87. The van der Waals surface area contributed by atoms with Crippen molar-refractivity contribution >= 4 is 5.97 Å². The van der Waals surface area contributed by atoms with Crippen molar-refractivity contribution in [3.05, 3.63) is 0 Å². The van der Waals surface area contributed by atoms with E-state index in [-0.39, 0.29) is 0 Å². The van der Waals surface area contributed by atoms with Gasteiger partial charge >= 0.3 is 5.97 Å². The highest BCUT2D eigenvalue weighted by molar-refractivity contribution is 5.66. The molecule has 0 aliphatic rings. The van der Waals surface area contributed by atoms with E-state index in [0.29, 0.717) is 18.3 Å². The summed E-state index contributed by atoms with van der Waals surface area (Å²) in [5.41, 5.74) is 0. The van der Waals surface area contributed by atoms with Gasteiger partial charge in [0.25, 0.3) is 0 Å². The Hall–Kier alpha value is -0.530. The third-order valence-corrected chi connectivity index (χ3v) is 2.80. The summed E-state index contributed by atoms with van der Waals surface area (Å²) in [6.07, 6.45) is 4.69. The molecular weight excluding hydrogens is 164 g/mol. The van der Waals surface area contributed by atoms with E-state index >= 15 is 0 Å². The standard InChI is InChI=1S/C11H22O2/c1-4-6-9(3)10(5-2)7-8-11(12)13/h9-10H,4-8H2,1-3H3,(H,12,13). The first-order chi connectivity index (χ1) is 6.11. The van der Waals surface area contributed by atoms with E-state index in [1.54, 1.807) is 0 Å². The topological polar surface area (TPSA) is 37.3 Å². The van der Waals surface area contributed by atoms with Crippen molar-refractivity contribution in [1.82, 2.24) is 0 Å². The van der Waals surface area contributed by atoms with Crippen molar-refractivity contribution in [2.24, 2.45) is 11.8 Å². The number of hydrogen-bond acceptors (Lipinski definition) is 1. The minimum atomic E-state index is -0.665. The number of aliphatic carboxylic acids is 1. The minimum Gasteiger partial charge on any atom is -0.481 e. The van der Waals surface area contributed by atoms with E-state index in [1.807, 2.05) is 0 Å². The highest BCUT2D eigenvalue weighted by atomic mass is 16.4. The van der Waals surface area contributed by atoms with Gasteiger partial charge in [0.1, 0.15) is 0 Å². The number of carbonyl (C=O) groups is 1. The van der Waals surface area contributed by atoms with Gasteiger partial charge in [-0.1, -0.05) is 40.0 Å². The summed E-state index contributed by atoms with van der Waals surface area (Å²) in [7, 11) is 0. The van der Waals surface area contributed by atoms with Gasteiger partial charge in [-0.25, -0.2) is 0 Å². The molecule has 0 aliphatic carbocycles. The highest BCUT2D eigenvalue weighted by Gasteiger charge is 2.15. The van der Waals surface area contributed by atoms with Crippen LogP contribution in [-0.2, 0) is 4.79 Å². The summed E-state index contributed by atoms with van der Waals surface area (Å²) in [5, 5.41) is 8.57. The Morgan fingerprint density at radius 3 is 2.31 bits per heavy atom. The SMILES string of the molecule is CCCC(C)C(CC)CCC(=O)O. The normalized spacial score (nSPS) is 15.3. The van der Waals surface area contributed by atoms with E-state index in [0.717, 1.165) is 12.8 Å². The van der Waals surface area contributed by atoms with Crippen LogP contribution in [0, 0.1) is 11.8 Å². The van der Waals surface area contributed by atoms with Gasteiger partial charge < -0.3 is 5.11 Å². The monoisotopic (exact) mass is 186 g/mol. The van der Waals surface area contributed by atoms with Gasteiger partial charge in [-0.2, -0.15) is 0 Å². The maximum atomic E-state index is 10.4. The smallest absolute Gasteiger partial charge is 0.303 e. The molecule has 0 bridgehead atoms. The Labute approximate surface area is 81.3 Å². The number of rotatable bonds is 7. The second kappa shape index (κ2) is 6.93. The van der Waals surface area contributed by atoms with Crippen molar-refractivity contribution in [2.75, 3.05) is 0 Å². The van der Waals surface area contributed by atoms with E-state index < -0.39 is 5.97 Å². The summed E-state index contributed by atoms with van der Waals surface area (Å²) in [5.74, 6) is 0.604. The van der Waals surface area contributed by atoms with Crippen LogP contribution in [0.4, 0.5) is 0 Å². The first-order valence-corrected chi connectivity index (χ1v) is 5.33. The quantitative estimate of drug-likeness (QED) is 0.662. The molecule has 78 valence electrons. The molecule has 2 unspecified atom stereocenters. The maximum Gasteiger partial charge on any atom is 0.303 e. The number of hydrogen-bond donors (Lipinski definition) is 1. The third-order valence-electron chi connectivity index (χ3n) is 2.80. The first kappa shape index (κ1) is 12.5. The average molecular weight is 186 g/mol. The van der Waals surface area contributed by atoms with Gasteiger partial charge in [0.05, 0.1) is 0 Å². The summed E-state index contributed by atoms with van der Waals surface area (Å²) in [6, 6.07) is 0. The molecule has 0 amide bonds. The fourth-order valence-electron chi connectivity index (χ4n) is 1.89. The molecule has 0 aromatic rings. The van der Waals surface area contributed by atoms with Crippen LogP contribution in [0.5, 0.6) is 0 Å². The Bertz CT molecular complexity index is 143. The van der Waals surface area contributed by atoms with Crippen LogP contribution >= 0.6 is 0 Å². The Kier molecular flexibility index (Phi) is 6.65. The molecule has 0 fully saturated rings. The van der Waals surface area contributed by atoms with Crippen LogP contribution < -0.4 is 0 Å². The maximum absolute atomic E-state index is 10.4. The van der Waals surface area contributed by atoms with Crippen molar-refractivity contribution in [3.63, 3.8) is 0 Å². The summed E-state index contributed by atoms with van der Waals surface area (Å²) in [4.78, 5) is 10.4. The zero-order valence-corrected chi connectivity index (χ0v) is 9.05. The van der Waals surface area contributed by atoms with Crippen molar-refractivity contribution in [3.8, 4) is 0 Å². The predicted molar refractivity (Wildman–Crippen MR) is 54.7 cm³/mol. The molecule has 0 saturated carbocycles. The van der Waals surface area contributed by atoms with Crippen LogP contribution in [0.15, 0.2) is 0 Å². The van der Waals surface area contributed by atoms with Crippen molar-refractivity contribution < 1.29 is 9.90 Å². The molecule has 0 rings (SSSR count). The van der Waals surface area contributed by atoms with Crippen LogP contribution in [0.3, 0.4) is 0 Å². The van der Waals surface area contributed by atoms with Gasteiger partial charge in [0.2, 0.25) is 0 Å². The van der Waals surface area contributed by atoms with Crippen LogP contribution in [0.1, 0.15) is 52.9 Å². The fraction of sp³-hybridized carbons (Fsp3) is 0.909. The predicted octanol–water partition coefficient (Wildman–Crippen LogP) is 3.31. The van der Waals surface area contributed by atoms with Gasteiger partial charge in [-0.3, -0.25) is 4.79 Å². The lowest BCUT2D eigenvalue weighted by Gasteiger charge is -2.21. The first-order valence-electron chi connectivity index (χ1n) is 5.33. The van der Waals surface area contributed by atoms with E-state index in [4.69, 9.17) is 5.11 Å². The Balaban J connectivity index is 3.79. The third kappa shape index (κ3) is 5.67. The zero-order valence-electron chi connectivity index (χ0n) is 9.05. The molecule has 0 aliphatic heterocycles. The zero-order chi connectivity index (χ0) is 10.3. The number of carboxylic acids is 1. The fourth-order valence-corrected chi connectivity index (χ4v) is 1.89. The van der Waals surface area contributed by atoms with Crippen molar-refractivity contribution in [2.45, 2.75) is 52.9 Å². The molecular formula is C11H22O2. The lowest BCUT2D eigenvalue weighted by Crippen LogP contribution is -2.12. The lowest BCUT2D eigenvalue weighted by atomic mass is 9.85. The summed E-state index contributed by atoms with van der Waals surface area (Å²) in [6.45, 7) is 6.57. The molecule has 2 heteroatoms. The summed E-state index contributed by atoms with van der Waals surface area (Å²) >= 11 is 0. The molecule has 13 heavy (non-hydrogen) atoms. The Morgan fingerprint density at radius 1 is 1.31 bits per heavy atom. The van der Waals surface area contributed by atoms with E-state index in [2.05, 4.69) is 20.8 Å². The largest absolute Gasteiger partial charge is 0.481 e. The molecule has 0 aromatic heterocycles. The van der Waals surface area contributed by atoms with Crippen molar-refractivity contribution in [1.29, 1.82) is 0 Å². The molecule has 2 nitrogen and oxygen atoms in total. The molecule has 0 spiro atoms. The molecule has 0 heterocycles. The second-order valence-electron chi connectivity index (χ2n) is 3.87. The van der Waals surface area contributed by atoms with Crippen LogP contribution in [0.25, 0.3) is 0 Å². The molecule has 0 saturated heterocycles. The average Bonchev–Trinajstić information content (AvgIpc) is 2.05. The van der Waals surface area contributed by atoms with Gasteiger partial charge in [-0.05, 0) is 18.3 Å². The molecule has 0 radical (unpaired) electrons. The van der Waals surface area contributed by atoms with Gasteiger partial charge in [0, 0.05) is 6.42 Å². The van der Waals surface area contributed by atoms with E-state index in [1.165, 1.54) is 12.8 Å². The highest BCUT2D eigenvalue weighted by Crippen LogP contribution is 2.24. The molecule has 1 N–H and O–H groups in total.